The predicted molar refractivity (Wildman–Crippen MR) is 37.4 cm³/mol. The standard InChI is InChI=1S/C8H3F4NO/c9-4-3-5(10)7(12)8(6(4)11)14-2-1-13/h3H,2H2. The van der Waals surface area contributed by atoms with E-state index in [4.69, 9.17) is 5.26 Å². The number of halogens is 4. The van der Waals surface area contributed by atoms with E-state index >= 15 is 0 Å². The van der Waals surface area contributed by atoms with Crippen LogP contribution in [-0.4, -0.2) is 6.61 Å². The van der Waals surface area contributed by atoms with E-state index in [1.807, 2.05) is 0 Å². The number of hydrogen-bond acceptors (Lipinski definition) is 2. The second kappa shape index (κ2) is 3.96. The first-order chi connectivity index (χ1) is 6.57. The van der Waals surface area contributed by atoms with Crippen molar-refractivity contribution in [1.29, 1.82) is 5.26 Å². The molecule has 1 aromatic rings. The Kier molecular flexibility index (Phi) is 2.92. The monoisotopic (exact) mass is 205 g/mol. The average Bonchev–Trinajstić information content (AvgIpc) is 2.15. The Morgan fingerprint density at radius 3 is 2.07 bits per heavy atom. The van der Waals surface area contributed by atoms with Crippen molar-refractivity contribution in [2.24, 2.45) is 0 Å². The fraction of sp³-hybridized carbons (Fsp3) is 0.125. The van der Waals surface area contributed by atoms with Crippen LogP contribution in [0.1, 0.15) is 0 Å². The van der Waals surface area contributed by atoms with Crippen molar-refractivity contribution in [2.75, 3.05) is 6.61 Å². The van der Waals surface area contributed by atoms with Crippen molar-refractivity contribution in [3.63, 3.8) is 0 Å². The Bertz CT molecular complexity index is 373. The Hall–Kier alpha value is -1.77. The molecule has 0 atom stereocenters. The number of rotatable bonds is 2. The first-order valence-corrected chi connectivity index (χ1v) is 3.40. The third-order valence-corrected chi connectivity index (χ3v) is 1.35. The lowest BCUT2D eigenvalue weighted by Gasteiger charge is -2.05. The molecule has 0 amide bonds. The molecule has 0 aliphatic heterocycles. The smallest absolute Gasteiger partial charge is 0.203 e. The van der Waals surface area contributed by atoms with Crippen LogP contribution in [0.25, 0.3) is 0 Å². The average molecular weight is 205 g/mol. The molecule has 14 heavy (non-hydrogen) atoms. The maximum atomic E-state index is 12.7. The van der Waals surface area contributed by atoms with E-state index in [1.165, 1.54) is 6.07 Å². The van der Waals surface area contributed by atoms with Crippen molar-refractivity contribution < 1.29 is 22.3 Å². The van der Waals surface area contributed by atoms with Crippen molar-refractivity contribution in [3.8, 4) is 11.8 Å². The maximum Gasteiger partial charge on any atom is 0.203 e. The summed E-state index contributed by atoms with van der Waals surface area (Å²) in [5.41, 5.74) is 0. The normalized spacial score (nSPS) is 9.64. The lowest BCUT2D eigenvalue weighted by atomic mass is 10.3. The molecule has 0 aliphatic rings. The Morgan fingerprint density at radius 2 is 1.64 bits per heavy atom. The van der Waals surface area contributed by atoms with Crippen LogP contribution in [-0.2, 0) is 0 Å². The second-order valence-corrected chi connectivity index (χ2v) is 2.24. The van der Waals surface area contributed by atoms with Crippen molar-refractivity contribution in [2.45, 2.75) is 0 Å². The molecule has 2 nitrogen and oxygen atoms in total. The number of benzene rings is 1. The van der Waals surface area contributed by atoms with Gasteiger partial charge in [-0.25, -0.2) is 8.78 Å². The van der Waals surface area contributed by atoms with Crippen LogP contribution in [0.2, 0.25) is 0 Å². The molecule has 0 bridgehead atoms. The molecule has 0 aromatic heterocycles. The van der Waals surface area contributed by atoms with E-state index < -0.39 is 35.6 Å². The lowest BCUT2D eigenvalue weighted by molar-refractivity contribution is 0.305. The summed E-state index contributed by atoms with van der Waals surface area (Å²) < 4.78 is 54.7. The minimum Gasteiger partial charge on any atom is -0.472 e. The minimum absolute atomic E-state index is 0.0594. The molecule has 0 aliphatic carbocycles. The van der Waals surface area contributed by atoms with Gasteiger partial charge in [-0.05, 0) is 0 Å². The van der Waals surface area contributed by atoms with E-state index in [-0.39, 0.29) is 6.07 Å². The maximum absolute atomic E-state index is 12.7. The van der Waals surface area contributed by atoms with Crippen LogP contribution in [0, 0.1) is 34.6 Å². The highest BCUT2D eigenvalue weighted by molar-refractivity contribution is 5.28. The van der Waals surface area contributed by atoms with Gasteiger partial charge in [-0.1, -0.05) is 0 Å². The van der Waals surface area contributed by atoms with Gasteiger partial charge >= 0.3 is 0 Å². The van der Waals surface area contributed by atoms with Gasteiger partial charge in [0.1, 0.15) is 6.07 Å². The quantitative estimate of drug-likeness (QED) is 0.547. The second-order valence-electron chi connectivity index (χ2n) is 2.24. The molecule has 0 saturated heterocycles. The van der Waals surface area contributed by atoms with Crippen LogP contribution in [0.15, 0.2) is 6.07 Å². The van der Waals surface area contributed by atoms with Gasteiger partial charge < -0.3 is 4.74 Å². The minimum atomic E-state index is -1.65. The fourth-order valence-corrected chi connectivity index (χ4v) is 0.782. The van der Waals surface area contributed by atoms with Crippen molar-refractivity contribution in [1.82, 2.24) is 0 Å². The first-order valence-electron chi connectivity index (χ1n) is 3.40. The topological polar surface area (TPSA) is 33.0 Å². The van der Waals surface area contributed by atoms with Crippen molar-refractivity contribution in [3.05, 3.63) is 29.3 Å². The molecule has 6 heteroatoms. The Labute approximate surface area is 76.3 Å². The van der Waals surface area contributed by atoms with Gasteiger partial charge in [0.05, 0.1) is 0 Å². The third-order valence-electron chi connectivity index (χ3n) is 1.35. The number of nitrogens with zero attached hydrogens (tertiary/aromatic N) is 1. The molecule has 74 valence electrons. The highest BCUT2D eigenvalue weighted by Crippen LogP contribution is 2.26. The molecule has 0 heterocycles. The SMILES string of the molecule is N#CCOc1c(F)c(F)cc(F)c1F. The summed E-state index contributed by atoms with van der Waals surface area (Å²) in [7, 11) is 0. The van der Waals surface area contributed by atoms with E-state index in [2.05, 4.69) is 4.74 Å². The van der Waals surface area contributed by atoms with Crippen LogP contribution in [0.3, 0.4) is 0 Å². The molecule has 0 unspecified atom stereocenters. The largest absolute Gasteiger partial charge is 0.472 e. The molecule has 0 radical (unpaired) electrons. The van der Waals surface area contributed by atoms with E-state index in [1.54, 1.807) is 0 Å². The fourth-order valence-electron chi connectivity index (χ4n) is 0.782. The highest BCUT2D eigenvalue weighted by atomic mass is 19.2. The predicted octanol–water partition coefficient (Wildman–Crippen LogP) is 2.15. The molecule has 0 spiro atoms. The zero-order chi connectivity index (χ0) is 10.7. The van der Waals surface area contributed by atoms with E-state index in [0.29, 0.717) is 0 Å². The molecule has 1 aromatic carbocycles. The molecular weight excluding hydrogens is 202 g/mol. The van der Waals surface area contributed by atoms with Crippen LogP contribution >= 0.6 is 0 Å². The third kappa shape index (κ3) is 1.76. The number of hydrogen-bond donors (Lipinski definition) is 0. The zero-order valence-corrected chi connectivity index (χ0v) is 6.65. The van der Waals surface area contributed by atoms with E-state index in [9.17, 15) is 17.6 Å². The first kappa shape index (κ1) is 10.3. The van der Waals surface area contributed by atoms with E-state index in [0.717, 1.165) is 0 Å². The van der Waals surface area contributed by atoms with Gasteiger partial charge in [-0.15, -0.1) is 0 Å². The highest BCUT2D eigenvalue weighted by Gasteiger charge is 2.20. The summed E-state index contributed by atoms with van der Waals surface area (Å²) in [5, 5.41) is 8.04. The summed E-state index contributed by atoms with van der Waals surface area (Å²) in [6, 6.07) is 1.47. The van der Waals surface area contributed by atoms with Crippen LogP contribution in [0.5, 0.6) is 5.75 Å². The lowest BCUT2D eigenvalue weighted by Crippen LogP contribution is -2.03. The summed E-state index contributed by atoms with van der Waals surface area (Å²) in [6.45, 7) is -0.698. The van der Waals surface area contributed by atoms with Gasteiger partial charge in [0, 0.05) is 6.07 Å². The summed E-state index contributed by atoms with van der Waals surface area (Å²) in [4.78, 5) is 0. The molecule has 0 fully saturated rings. The van der Waals surface area contributed by atoms with Crippen LogP contribution < -0.4 is 4.74 Å². The van der Waals surface area contributed by atoms with Crippen LogP contribution in [0.4, 0.5) is 17.6 Å². The Balaban J connectivity index is 3.19. The summed E-state index contributed by atoms with van der Waals surface area (Å²) >= 11 is 0. The summed E-state index contributed by atoms with van der Waals surface area (Å²) in [5.74, 6) is -7.67. The van der Waals surface area contributed by atoms with Gasteiger partial charge in [0.15, 0.2) is 24.0 Å². The van der Waals surface area contributed by atoms with Gasteiger partial charge in [-0.2, -0.15) is 14.0 Å². The van der Waals surface area contributed by atoms with Gasteiger partial charge in [-0.3, -0.25) is 0 Å². The molecule has 0 N–H and O–H groups in total. The summed E-state index contributed by atoms with van der Waals surface area (Å²) in [6.07, 6.45) is 0. The van der Waals surface area contributed by atoms with Gasteiger partial charge in [0.25, 0.3) is 0 Å². The Morgan fingerprint density at radius 1 is 1.14 bits per heavy atom. The molecule has 0 saturated carbocycles. The number of nitriles is 1. The van der Waals surface area contributed by atoms with Crippen molar-refractivity contribution >= 4 is 0 Å². The molecule has 1 rings (SSSR count). The van der Waals surface area contributed by atoms with Gasteiger partial charge in [0.2, 0.25) is 11.6 Å². The zero-order valence-electron chi connectivity index (χ0n) is 6.65. The number of ether oxygens (including phenoxy) is 1. The molecular formula is C8H3F4NO.